The smallest absolute Gasteiger partial charge is 0.252 e. The minimum Gasteiger partial charge on any atom is -0.328 e. The highest BCUT2D eigenvalue weighted by Crippen LogP contribution is 2.51. The zero-order chi connectivity index (χ0) is 17.3. The topological polar surface area (TPSA) is 28.0 Å². The van der Waals surface area contributed by atoms with Gasteiger partial charge in [-0.05, 0) is 18.6 Å². The highest BCUT2D eigenvalue weighted by Gasteiger charge is 2.57. The van der Waals surface area contributed by atoms with Gasteiger partial charge in [0.1, 0.15) is 11.7 Å². The number of hydrogen-bond acceptors (Lipinski definition) is 2. The van der Waals surface area contributed by atoms with Crippen LogP contribution in [0.4, 0.5) is 13.2 Å². The summed E-state index contributed by atoms with van der Waals surface area (Å²) in [5.41, 5.74) is 2.33. The predicted octanol–water partition coefficient (Wildman–Crippen LogP) is 4.56. The fourth-order valence-corrected chi connectivity index (χ4v) is 2.79. The molecule has 1 saturated carbocycles. The van der Waals surface area contributed by atoms with E-state index in [2.05, 4.69) is 16.9 Å². The van der Waals surface area contributed by atoms with Gasteiger partial charge >= 0.3 is 0 Å². The average Bonchev–Trinajstić information content (AvgIpc) is 3.13. The fraction of sp³-hybridized carbons (Fsp3) is 0.333. The number of aryl methyl sites for hydroxylation is 1. The Bertz CT molecular complexity index is 750. The van der Waals surface area contributed by atoms with E-state index in [1.807, 2.05) is 31.2 Å². The highest BCUT2D eigenvalue weighted by atomic mass is 19.3. The molecule has 1 aliphatic heterocycles. The van der Waals surface area contributed by atoms with Crippen molar-refractivity contribution in [2.75, 3.05) is 6.54 Å². The molecule has 2 aliphatic rings. The zero-order valence-electron chi connectivity index (χ0n) is 13.3. The normalized spacial score (nSPS) is 22.8. The van der Waals surface area contributed by atoms with Crippen LogP contribution in [0.15, 0.2) is 52.6 Å². The average molecular weight is 333 g/mol. The lowest BCUT2D eigenvalue weighted by atomic mass is 10.0. The van der Waals surface area contributed by atoms with Crippen LogP contribution in [0, 0.1) is 12.8 Å². The number of alkyl halides is 2. The van der Waals surface area contributed by atoms with Crippen molar-refractivity contribution in [1.29, 1.82) is 0 Å². The zero-order valence-corrected chi connectivity index (χ0v) is 13.3. The van der Waals surface area contributed by atoms with E-state index < -0.39 is 11.8 Å². The number of benzene rings is 1. The molecule has 0 saturated heterocycles. The minimum absolute atomic E-state index is 0.0492. The first-order valence-electron chi connectivity index (χ1n) is 7.71. The van der Waals surface area contributed by atoms with Crippen LogP contribution in [-0.2, 0) is 0 Å². The Hall–Kier alpha value is -2.37. The highest BCUT2D eigenvalue weighted by molar-refractivity contribution is 5.87. The largest absolute Gasteiger partial charge is 0.328 e. The Morgan fingerprint density at radius 3 is 2.75 bits per heavy atom. The van der Waals surface area contributed by atoms with Gasteiger partial charge in [-0.2, -0.15) is 5.10 Å². The third kappa shape index (κ3) is 3.42. The Morgan fingerprint density at radius 2 is 2.17 bits per heavy atom. The van der Waals surface area contributed by atoms with Crippen LogP contribution in [0.1, 0.15) is 24.0 Å². The monoisotopic (exact) mass is 333 g/mol. The molecule has 0 aromatic heterocycles. The van der Waals surface area contributed by atoms with Crippen LogP contribution in [0.25, 0.3) is 5.57 Å². The first-order valence-corrected chi connectivity index (χ1v) is 7.71. The Balaban J connectivity index is 1.77. The van der Waals surface area contributed by atoms with Crippen LogP contribution in [0.3, 0.4) is 0 Å². The molecule has 0 N–H and O–H groups in total. The van der Waals surface area contributed by atoms with E-state index in [0.717, 1.165) is 11.1 Å². The Labute approximate surface area is 138 Å². The molecule has 126 valence electrons. The summed E-state index contributed by atoms with van der Waals surface area (Å²) in [5.74, 6) is -3.43. The second-order valence-electron chi connectivity index (χ2n) is 6.16. The van der Waals surface area contributed by atoms with E-state index in [1.54, 1.807) is 12.3 Å². The first-order chi connectivity index (χ1) is 11.4. The first kappa shape index (κ1) is 16.5. The van der Waals surface area contributed by atoms with Crippen molar-refractivity contribution in [2.45, 2.75) is 25.7 Å². The molecule has 0 spiro atoms. The van der Waals surface area contributed by atoms with Crippen LogP contribution in [0.2, 0.25) is 0 Å². The molecule has 1 aliphatic carbocycles. The molecule has 3 nitrogen and oxygen atoms in total. The molecule has 6 heteroatoms. The van der Waals surface area contributed by atoms with E-state index in [0.29, 0.717) is 11.4 Å². The number of allylic oxidation sites excluding steroid dienone is 2. The van der Waals surface area contributed by atoms with Gasteiger partial charge in [0.25, 0.3) is 5.92 Å². The van der Waals surface area contributed by atoms with Gasteiger partial charge < -0.3 is 4.90 Å². The Morgan fingerprint density at radius 1 is 1.42 bits per heavy atom. The summed E-state index contributed by atoms with van der Waals surface area (Å²) in [6.07, 6.45) is 3.19. The van der Waals surface area contributed by atoms with Crippen molar-refractivity contribution in [3.05, 3.63) is 53.5 Å². The third-order valence-electron chi connectivity index (χ3n) is 4.25. The SMILES string of the molecule is C=N/N=C(/CC1CC1(F)F)N1C=CC(c2cccc(C)c2)=C(F)C1. The molecule has 3 rings (SSSR count). The quantitative estimate of drug-likeness (QED) is 0.451. The number of halogens is 3. The van der Waals surface area contributed by atoms with Gasteiger partial charge in [-0.15, -0.1) is 5.10 Å². The summed E-state index contributed by atoms with van der Waals surface area (Å²) in [6.45, 7) is 5.16. The van der Waals surface area contributed by atoms with Crippen molar-refractivity contribution < 1.29 is 13.2 Å². The summed E-state index contributed by atoms with van der Waals surface area (Å²) in [7, 11) is 0. The molecule has 1 heterocycles. The second kappa shape index (κ2) is 6.26. The lowest BCUT2D eigenvalue weighted by Crippen LogP contribution is -2.30. The van der Waals surface area contributed by atoms with Gasteiger partial charge in [0.05, 0.1) is 6.54 Å². The maximum absolute atomic E-state index is 14.6. The molecule has 1 atom stereocenters. The molecular weight excluding hydrogens is 315 g/mol. The number of hydrogen-bond donors (Lipinski definition) is 0. The second-order valence-corrected chi connectivity index (χ2v) is 6.16. The van der Waals surface area contributed by atoms with Crippen molar-refractivity contribution in [1.82, 2.24) is 4.90 Å². The number of nitrogens with zero attached hydrogens (tertiary/aromatic N) is 3. The van der Waals surface area contributed by atoms with Gasteiger partial charge in [-0.3, -0.25) is 0 Å². The lowest BCUT2D eigenvalue weighted by molar-refractivity contribution is 0.0998. The number of rotatable bonds is 4. The fourth-order valence-electron chi connectivity index (χ4n) is 2.79. The minimum atomic E-state index is -2.65. The van der Waals surface area contributed by atoms with Gasteiger partial charge in [0.2, 0.25) is 0 Å². The van der Waals surface area contributed by atoms with Crippen molar-refractivity contribution in [3.63, 3.8) is 0 Å². The summed E-state index contributed by atoms with van der Waals surface area (Å²) >= 11 is 0. The molecule has 1 unspecified atom stereocenters. The molecule has 1 fully saturated rings. The van der Waals surface area contributed by atoms with Gasteiger partial charge in [0, 0.05) is 37.3 Å². The standard InChI is InChI=1S/C18H18F3N3/c1-12-4-3-5-13(8-12)15-6-7-24(11-16(15)19)17(23-22-2)9-14-10-18(14,20)21/h3-8,14H,2,9-11H2,1H3/b23-17-. The molecule has 0 amide bonds. The van der Waals surface area contributed by atoms with Crippen molar-refractivity contribution >= 4 is 18.1 Å². The summed E-state index contributed by atoms with van der Waals surface area (Å²) < 4.78 is 40.8. The molecule has 0 bridgehead atoms. The third-order valence-corrected chi connectivity index (χ3v) is 4.25. The molecule has 24 heavy (non-hydrogen) atoms. The van der Waals surface area contributed by atoms with Crippen LogP contribution >= 0.6 is 0 Å². The van der Waals surface area contributed by atoms with Gasteiger partial charge in [-0.1, -0.05) is 29.8 Å². The van der Waals surface area contributed by atoms with E-state index in [9.17, 15) is 13.2 Å². The van der Waals surface area contributed by atoms with Gasteiger partial charge in [0.15, 0.2) is 0 Å². The van der Waals surface area contributed by atoms with E-state index in [-0.39, 0.29) is 25.2 Å². The molecule has 0 radical (unpaired) electrons. The van der Waals surface area contributed by atoms with Crippen LogP contribution < -0.4 is 0 Å². The lowest BCUT2D eigenvalue weighted by Gasteiger charge is -2.25. The van der Waals surface area contributed by atoms with Gasteiger partial charge in [-0.25, -0.2) is 13.2 Å². The number of amidine groups is 1. The molecular formula is C18H18F3N3. The van der Waals surface area contributed by atoms with Crippen LogP contribution in [0.5, 0.6) is 0 Å². The van der Waals surface area contributed by atoms with Crippen molar-refractivity contribution in [3.8, 4) is 0 Å². The Kier molecular flexibility index (Phi) is 4.30. The van der Waals surface area contributed by atoms with E-state index in [1.165, 1.54) is 4.90 Å². The maximum atomic E-state index is 14.6. The summed E-state index contributed by atoms with van der Waals surface area (Å²) in [4.78, 5) is 1.51. The van der Waals surface area contributed by atoms with E-state index >= 15 is 0 Å². The predicted molar refractivity (Wildman–Crippen MR) is 89.7 cm³/mol. The van der Waals surface area contributed by atoms with Crippen molar-refractivity contribution in [2.24, 2.45) is 16.1 Å². The van der Waals surface area contributed by atoms with E-state index in [4.69, 9.17) is 0 Å². The molecule has 1 aromatic rings. The summed E-state index contributed by atoms with van der Waals surface area (Å²) in [5, 5.41) is 7.26. The van der Waals surface area contributed by atoms with Crippen LogP contribution in [-0.4, -0.2) is 29.9 Å². The molecule has 1 aromatic carbocycles. The maximum Gasteiger partial charge on any atom is 0.252 e. The summed E-state index contributed by atoms with van der Waals surface area (Å²) in [6, 6.07) is 7.55.